The molecule has 146 valence electrons. The molecule has 7 heteroatoms. The van der Waals surface area contributed by atoms with Crippen LogP contribution in [0.4, 0.5) is 4.79 Å². The highest BCUT2D eigenvalue weighted by molar-refractivity contribution is 5.72. The molecule has 0 bridgehead atoms. The van der Waals surface area contributed by atoms with E-state index in [4.69, 9.17) is 9.47 Å². The van der Waals surface area contributed by atoms with Crippen molar-refractivity contribution in [1.29, 1.82) is 0 Å². The first-order valence-corrected chi connectivity index (χ1v) is 8.91. The lowest BCUT2D eigenvalue weighted by Gasteiger charge is -2.23. The number of carbonyl (C=O) groups is 3. The van der Waals surface area contributed by atoms with Gasteiger partial charge >= 0.3 is 18.0 Å². The standard InChI is InChI=1S/C18H33NO6/c1-7-14(8-11(2)3)9-15(16(21)22)10-19-18(23)25-17(12(4)5)24-13(6)20/h11-12,14-15,17H,7-10H2,1-6H3,(H,19,23)(H,21,22)/t14-,15+,17-/m0/s1. The van der Waals surface area contributed by atoms with Crippen molar-refractivity contribution in [2.75, 3.05) is 6.54 Å². The predicted molar refractivity (Wildman–Crippen MR) is 93.9 cm³/mol. The van der Waals surface area contributed by atoms with E-state index in [-0.39, 0.29) is 12.5 Å². The quantitative estimate of drug-likeness (QED) is 0.433. The van der Waals surface area contributed by atoms with E-state index in [0.717, 1.165) is 12.8 Å². The topological polar surface area (TPSA) is 102 Å². The minimum absolute atomic E-state index is 0.0202. The van der Waals surface area contributed by atoms with Gasteiger partial charge in [-0.25, -0.2) is 4.79 Å². The van der Waals surface area contributed by atoms with Gasteiger partial charge in [0.15, 0.2) is 0 Å². The summed E-state index contributed by atoms with van der Waals surface area (Å²) in [5.41, 5.74) is 0. The molecular formula is C18H33NO6. The minimum atomic E-state index is -0.995. The number of carboxylic acids is 1. The molecule has 0 heterocycles. The van der Waals surface area contributed by atoms with Crippen molar-refractivity contribution >= 4 is 18.0 Å². The Morgan fingerprint density at radius 3 is 2.04 bits per heavy atom. The number of esters is 1. The van der Waals surface area contributed by atoms with Crippen LogP contribution in [0.3, 0.4) is 0 Å². The molecule has 0 aromatic carbocycles. The molecule has 0 aliphatic heterocycles. The van der Waals surface area contributed by atoms with Crippen LogP contribution in [-0.4, -0.2) is 36.0 Å². The Morgan fingerprint density at radius 1 is 1.04 bits per heavy atom. The normalized spacial score (nSPS) is 14.7. The Kier molecular flexibility index (Phi) is 10.9. The summed E-state index contributed by atoms with van der Waals surface area (Å²) in [5.74, 6) is -1.59. The molecule has 0 spiro atoms. The van der Waals surface area contributed by atoms with E-state index in [1.54, 1.807) is 13.8 Å². The first-order valence-electron chi connectivity index (χ1n) is 8.91. The van der Waals surface area contributed by atoms with Gasteiger partial charge in [-0.2, -0.15) is 0 Å². The summed E-state index contributed by atoms with van der Waals surface area (Å²) in [4.78, 5) is 34.4. The molecule has 2 N–H and O–H groups in total. The van der Waals surface area contributed by atoms with Crippen LogP contribution in [-0.2, 0) is 19.1 Å². The first-order chi connectivity index (χ1) is 11.6. The summed E-state index contributed by atoms with van der Waals surface area (Å²) in [6.07, 6.45) is 0.566. The lowest BCUT2D eigenvalue weighted by Crippen LogP contribution is -2.38. The minimum Gasteiger partial charge on any atom is -0.481 e. The fourth-order valence-corrected chi connectivity index (χ4v) is 2.58. The maximum Gasteiger partial charge on any atom is 0.410 e. The van der Waals surface area contributed by atoms with Gasteiger partial charge in [0.25, 0.3) is 6.29 Å². The average Bonchev–Trinajstić information content (AvgIpc) is 2.48. The van der Waals surface area contributed by atoms with E-state index in [2.05, 4.69) is 19.2 Å². The maximum atomic E-state index is 11.9. The summed E-state index contributed by atoms with van der Waals surface area (Å²) in [6.45, 7) is 11.0. The van der Waals surface area contributed by atoms with E-state index < -0.39 is 30.2 Å². The molecule has 1 amide bonds. The van der Waals surface area contributed by atoms with Crippen molar-refractivity contribution in [2.24, 2.45) is 23.7 Å². The lowest BCUT2D eigenvalue weighted by atomic mass is 9.86. The van der Waals surface area contributed by atoms with Gasteiger partial charge in [0.05, 0.1) is 5.92 Å². The van der Waals surface area contributed by atoms with Crippen molar-refractivity contribution in [3.63, 3.8) is 0 Å². The van der Waals surface area contributed by atoms with E-state index in [9.17, 15) is 19.5 Å². The van der Waals surface area contributed by atoms with Crippen molar-refractivity contribution < 1.29 is 29.0 Å². The molecular weight excluding hydrogens is 326 g/mol. The maximum absolute atomic E-state index is 11.9. The van der Waals surface area contributed by atoms with Gasteiger partial charge in [-0.15, -0.1) is 0 Å². The number of amides is 1. The van der Waals surface area contributed by atoms with E-state index in [1.807, 2.05) is 6.92 Å². The number of hydrogen-bond acceptors (Lipinski definition) is 5. The zero-order chi connectivity index (χ0) is 19.6. The van der Waals surface area contributed by atoms with E-state index in [0.29, 0.717) is 18.3 Å². The number of nitrogens with one attached hydrogen (secondary N) is 1. The van der Waals surface area contributed by atoms with Crippen molar-refractivity contribution in [3.8, 4) is 0 Å². The number of alkyl carbamates (subject to hydrolysis) is 1. The molecule has 0 saturated heterocycles. The molecule has 7 nitrogen and oxygen atoms in total. The molecule has 0 saturated carbocycles. The number of aliphatic carboxylic acids is 1. The fourth-order valence-electron chi connectivity index (χ4n) is 2.58. The molecule has 0 aromatic heterocycles. The van der Waals surface area contributed by atoms with Crippen LogP contribution in [0.15, 0.2) is 0 Å². The second-order valence-corrected chi connectivity index (χ2v) is 7.18. The summed E-state index contributed by atoms with van der Waals surface area (Å²) >= 11 is 0. The van der Waals surface area contributed by atoms with Crippen LogP contribution in [0.2, 0.25) is 0 Å². The Balaban J connectivity index is 4.61. The monoisotopic (exact) mass is 359 g/mol. The Bertz CT molecular complexity index is 435. The molecule has 0 fully saturated rings. The van der Waals surface area contributed by atoms with Crippen LogP contribution >= 0.6 is 0 Å². The zero-order valence-corrected chi connectivity index (χ0v) is 16.2. The summed E-state index contributed by atoms with van der Waals surface area (Å²) in [5, 5.41) is 11.9. The molecule has 0 aliphatic rings. The molecule has 3 atom stereocenters. The molecule has 0 unspecified atom stereocenters. The largest absolute Gasteiger partial charge is 0.481 e. The second-order valence-electron chi connectivity index (χ2n) is 7.18. The van der Waals surface area contributed by atoms with Gasteiger partial charge in [0.1, 0.15) is 0 Å². The SMILES string of the molecule is CC[C@@H](CC(C)C)C[C@H](CNC(=O)O[C@H](OC(C)=O)C(C)C)C(=O)O. The second kappa shape index (κ2) is 11.7. The Morgan fingerprint density at radius 2 is 1.64 bits per heavy atom. The molecule has 0 aliphatic carbocycles. The highest BCUT2D eigenvalue weighted by Crippen LogP contribution is 2.23. The van der Waals surface area contributed by atoms with Crippen LogP contribution in [0.5, 0.6) is 0 Å². The van der Waals surface area contributed by atoms with Crippen LogP contribution in [0.25, 0.3) is 0 Å². The third-order valence-corrected chi connectivity index (χ3v) is 3.89. The summed E-state index contributed by atoms with van der Waals surface area (Å²) in [6, 6.07) is 0. The number of carboxylic acid groups (broad SMARTS) is 1. The van der Waals surface area contributed by atoms with Gasteiger partial charge in [-0.1, -0.05) is 41.0 Å². The summed E-state index contributed by atoms with van der Waals surface area (Å²) < 4.78 is 9.99. The predicted octanol–water partition coefficient (Wildman–Crippen LogP) is 3.42. The highest BCUT2D eigenvalue weighted by Gasteiger charge is 2.25. The first kappa shape index (κ1) is 23.2. The number of carbonyl (C=O) groups excluding carboxylic acids is 2. The third kappa shape index (κ3) is 10.6. The molecule has 25 heavy (non-hydrogen) atoms. The molecule has 0 aromatic rings. The van der Waals surface area contributed by atoms with Crippen molar-refractivity contribution in [3.05, 3.63) is 0 Å². The Labute approximate surface area is 150 Å². The van der Waals surface area contributed by atoms with Gasteiger partial charge in [-0.05, 0) is 24.7 Å². The van der Waals surface area contributed by atoms with Gasteiger partial charge < -0.3 is 19.9 Å². The summed E-state index contributed by atoms with van der Waals surface area (Å²) in [7, 11) is 0. The van der Waals surface area contributed by atoms with Gasteiger partial charge in [-0.3, -0.25) is 9.59 Å². The number of rotatable bonds is 11. The zero-order valence-electron chi connectivity index (χ0n) is 16.2. The lowest BCUT2D eigenvalue weighted by molar-refractivity contribution is -0.172. The average molecular weight is 359 g/mol. The highest BCUT2D eigenvalue weighted by atomic mass is 16.7. The number of hydrogen-bond donors (Lipinski definition) is 2. The molecule has 0 radical (unpaired) electrons. The van der Waals surface area contributed by atoms with Crippen LogP contribution in [0.1, 0.15) is 60.8 Å². The number of ether oxygens (including phenoxy) is 2. The van der Waals surface area contributed by atoms with E-state index in [1.165, 1.54) is 6.92 Å². The Hall–Kier alpha value is -1.79. The third-order valence-electron chi connectivity index (χ3n) is 3.89. The van der Waals surface area contributed by atoms with Crippen LogP contribution < -0.4 is 5.32 Å². The van der Waals surface area contributed by atoms with Gasteiger partial charge in [0.2, 0.25) is 0 Å². The van der Waals surface area contributed by atoms with Crippen LogP contribution in [0, 0.1) is 23.7 Å². The van der Waals surface area contributed by atoms with E-state index >= 15 is 0 Å². The molecule has 0 rings (SSSR count). The van der Waals surface area contributed by atoms with Gasteiger partial charge in [0, 0.05) is 19.4 Å². The smallest absolute Gasteiger partial charge is 0.410 e. The van der Waals surface area contributed by atoms with Crippen molar-refractivity contribution in [1.82, 2.24) is 5.32 Å². The van der Waals surface area contributed by atoms with Crippen molar-refractivity contribution in [2.45, 2.75) is 67.1 Å². The fraction of sp³-hybridized carbons (Fsp3) is 0.833.